The number of carbonyl (C=O) groups is 2. The van der Waals surface area contributed by atoms with Crippen LogP contribution in [-0.2, 0) is 20.5 Å². The summed E-state index contributed by atoms with van der Waals surface area (Å²) in [7, 11) is 4.33. The Morgan fingerprint density at radius 1 is 1.03 bits per heavy atom. The van der Waals surface area contributed by atoms with Crippen molar-refractivity contribution in [3.8, 4) is 17.2 Å². The van der Waals surface area contributed by atoms with Crippen LogP contribution in [0.4, 0.5) is 18.9 Å². The second-order valence-electron chi connectivity index (χ2n) is 6.14. The van der Waals surface area contributed by atoms with Crippen molar-refractivity contribution < 1.29 is 41.7 Å². The van der Waals surface area contributed by atoms with Crippen LogP contribution in [0, 0.1) is 0 Å². The molecule has 1 amide bonds. The molecule has 11 heteroatoms. The number of halogens is 4. The van der Waals surface area contributed by atoms with E-state index in [0.29, 0.717) is 28.9 Å². The maximum absolute atomic E-state index is 12.9. The van der Waals surface area contributed by atoms with Crippen LogP contribution in [0.1, 0.15) is 11.1 Å². The summed E-state index contributed by atoms with van der Waals surface area (Å²) in [5.41, 5.74) is -0.709. The highest BCUT2D eigenvalue weighted by Gasteiger charge is 2.33. The van der Waals surface area contributed by atoms with Crippen LogP contribution in [0.2, 0.25) is 5.02 Å². The van der Waals surface area contributed by atoms with Gasteiger partial charge in [-0.1, -0.05) is 11.6 Å². The first-order chi connectivity index (χ1) is 15.1. The van der Waals surface area contributed by atoms with Gasteiger partial charge in [-0.05, 0) is 42.0 Å². The number of rotatable bonds is 8. The van der Waals surface area contributed by atoms with E-state index in [1.54, 1.807) is 12.1 Å². The Morgan fingerprint density at radius 2 is 1.66 bits per heavy atom. The number of esters is 1. The van der Waals surface area contributed by atoms with Crippen molar-refractivity contribution in [1.82, 2.24) is 0 Å². The highest BCUT2D eigenvalue weighted by molar-refractivity contribution is 6.31. The second-order valence-corrected chi connectivity index (χ2v) is 6.55. The lowest BCUT2D eigenvalue weighted by molar-refractivity contribution is -0.142. The van der Waals surface area contributed by atoms with Gasteiger partial charge in [0.25, 0.3) is 5.91 Å². The van der Waals surface area contributed by atoms with Crippen molar-refractivity contribution >= 4 is 35.2 Å². The number of alkyl halides is 3. The zero-order valence-electron chi connectivity index (χ0n) is 17.2. The van der Waals surface area contributed by atoms with E-state index in [0.717, 1.165) is 12.1 Å². The van der Waals surface area contributed by atoms with E-state index in [1.807, 2.05) is 0 Å². The monoisotopic (exact) mass is 473 g/mol. The predicted octanol–water partition coefficient (Wildman–Crippen LogP) is 4.58. The molecule has 0 spiro atoms. The van der Waals surface area contributed by atoms with Gasteiger partial charge in [0.05, 0.1) is 31.9 Å². The van der Waals surface area contributed by atoms with Crippen molar-refractivity contribution in [2.45, 2.75) is 6.18 Å². The fourth-order valence-electron chi connectivity index (χ4n) is 2.56. The summed E-state index contributed by atoms with van der Waals surface area (Å²) in [6, 6.07) is 6.08. The van der Waals surface area contributed by atoms with Gasteiger partial charge in [-0.2, -0.15) is 13.2 Å². The number of carbonyl (C=O) groups excluding carboxylic acids is 2. The minimum Gasteiger partial charge on any atom is -0.493 e. The lowest BCUT2D eigenvalue weighted by Crippen LogP contribution is -2.20. The maximum Gasteiger partial charge on any atom is 0.417 e. The van der Waals surface area contributed by atoms with E-state index < -0.39 is 35.2 Å². The van der Waals surface area contributed by atoms with Crippen LogP contribution in [0.3, 0.4) is 0 Å². The van der Waals surface area contributed by atoms with Crippen LogP contribution in [0.5, 0.6) is 17.2 Å². The molecule has 2 aromatic rings. The molecule has 0 atom stereocenters. The standard InChI is InChI=1S/C21H19ClF3NO6/c1-29-16-8-12(9-17(30-2)20(16)31-3)4-7-19(28)32-11-18(27)26-13-5-6-15(22)14(10-13)21(23,24)25/h4-10H,11H2,1-3H3,(H,26,27). The van der Waals surface area contributed by atoms with E-state index in [-0.39, 0.29) is 5.69 Å². The van der Waals surface area contributed by atoms with E-state index in [4.69, 9.17) is 30.5 Å². The molecule has 0 radical (unpaired) electrons. The molecule has 7 nitrogen and oxygen atoms in total. The quantitative estimate of drug-likeness (QED) is 0.446. The number of methoxy groups -OCH3 is 3. The minimum absolute atomic E-state index is 0.143. The molecule has 0 saturated carbocycles. The maximum atomic E-state index is 12.9. The van der Waals surface area contributed by atoms with Crippen LogP contribution in [-0.4, -0.2) is 39.8 Å². The van der Waals surface area contributed by atoms with Gasteiger partial charge in [-0.3, -0.25) is 4.79 Å². The van der Waals surface area contributed by atoms with Gasteiger partial charge in [0.2, 0.25) is 5.75 Å². The molecule has 0 saturated heterocycles. The topological polar surface area (TPSA) is 83.1 Å². The summed E-state index contributed by atoms with van der Waals surface area (Å²) in [5, 5.41) is 1.71. The molecule has 0 bridgehead atoms. The number of nitrogens with one attached hydrogen (secondary N) is 1. The summed E-state index contributed by atoms with van der Waals surface area (Å²) in [6.45, 7) is -0.706. The molecule has 172 valence electrons. The molecule has 0 aliphatic rings. The van der Waals surface area contributed by atoms with Crippen LogP contribution in [0.15, 0.2) is 36.4 Å². The Hall–Kier alpha value is -3.40. The summed E-state index contributed by atoms with van der Waals surface area (Å²) < 4.78 is 59.1. The molecule has 0 aliphatic carbocycles. The average Bonchev–Trinajstić information content (AvgIpc) is 2.75. The third-order valence-electron chi connectivity index (χ3n) is 4.00. The molecule has 2 aromatic carbocycles. The number of anilines is 1. The SMILES string of the molecule is COc1cc(C=CC(=O)OCC(=O)Nc2ccc(Cl)c(C(F)(F)F)c2)cc(OC)c1OC. The Morgan fingerprint density at radius 3 is 2.19 bits per heavy atom. The predicted molar refractivity (Wildman–Crippen MR) is 111 cm³/mol. The zero-order valence-corrected chi connectivity index (χ0v) is 18.0. The largest absolute Gasteiger partial charge is 0.493 e. The number of hydrogen-bond donors (Lipinski definition) is 1. The third-order valence-corrected chi connectivity index (χ3v) is 4.33. The van der Waals surface area contributed by atoms with Crippen molar-refractivity contribution in [3.05, 3.63) is 52.6 Å². The highest BCUT2D eigenvalue weighted by atomic mass is 35.5. The van der Waals surface area contributed by atoms with Gasteiger partial charge in [0, 0.05) is 11.8 Å². The summed E-state index contributed by atoms with van der Waals surface area (Å²) >= 11 is 5.53. The molecule has 0 unspecified atom stereocenters. The summed E-state index contributed by atoms with van der Waals surface area (Å²) in [5.74, 6) is -0.542. The molecule has 1 N–H and O–H groups in total. The second kappa shape index (κ2) is 10.8. The lowest BCUT2D eigenvalue weighted by Gasteiger charge is -2.12. The first kappa shape index (κ1) is 24.9. The summed E-state index contributed by atoms with van der Waals surface area (Å²) in [6.07, 6.45) is -2.21. The molecule has 0 aliphatic heterocycles. The van der Waals surface area contributed by atoms with Crippen molar-refractivity contribution in [3.63, 3.8) is 0 Å². The Balaban J connectivity index is 1.99. The van der Waals surface area contributed by atoms with Gasteiger partial charge in [0.1, 0.15) is 0 Å². The lowest BCUT2D eigenvalue weighted by atomic mass is 10.1. The molecule has 0 fully saturated rings. The van der Waals surface area contributed by atoms with E-state index >= 15 is 0 Å². The fourth-order valence-corrected chi connectivity index (χ4v) is 2.79. The highest BCUT2D eigenvalue weighted by Crippen LogP contribution is 2.38. The van der Waals surface area contributed by atoms with Gasteiger partial charge >= 0.3 is 12.1 Å². The molecule has 0 aromatic heterocycles. The van der Waals surface area contributed by atoms with Crippen LogP contribution in [0.25, 0.3) is 6.08 Å². The van der Waals surface area contributed by atoms with Crippen LogP contribution < -0.4 is 19.5 Å². The molecular weight excluding hydrogens is 455 g/mol. The first-order valence-electron chi connectivity index (χ1n) is 8.90. The first-order valence-corrected chi connectivity index (χ1v) is 9.28. The minimum atomic E-state index is -4.68. The number of benzene rings is 2. The zero-order chi connectivity index (χ0) is 23.9. The molecule has 0 heterocycles. The number of ether oxygens (including phenoxy) is 4. The Labute approximate surface area is 186 Å². The van der Waals surface area contributed by atoms with Crippen molar-refractivity contribution in [2.75, 3.05) is 33.3 Å². The summed E-state index contributed by atoms with van der Waals surface area (Å²) in [4.78, 5) is 23.8. The smallest absolute Gasteiger partial charge is 0.417 e. The number of amides is 1. The van der Waals surface area contributed by atoms with Gasteiger partial charge in [0.15, 0.2) is 18.1 Å². The van der Waals surface area contributed by atoms with E-state index in [1.165, 1.54) is 33.5 Å². The Bertz CT molecular complexity index is 998. The van der Waals surface area contributed by atoms with E-state index in [2.05, 4.69) is 5.32 Å². The van der Waals surface area contributed by atoms with Gasteiger partial charge in [-0.25, -0.2) is 4.79 Å². The number of hydrogen-bond acceptors (Lipinski definition) is 6. The Kier molecular flexibility index (Phi) is 8.36. The van der Waals surface area contributed by atoms with Crippen molar-refractivity contribution in [1.29, 1.82) is 0 Å². The third kappa shape index (κ3) is 6.55. The molecule has 2 rings (SSSR count). The fraction of sp³-hybridized carbons (Fsp3) is 0.238. The van der Waals surface area contributed by atoms with E-state index in [9.17, 15) is 22.8 Å². The van der Waals surface area contributed by atoms with Gasteiger partial charge in [-0.15, -0.1) is 0 Å². The molecular formula is C21H19ClF3NO6. The molecule has 32 heavy (non-hydrogen) atoms. The average molecular weight is 474 g/mol. The normalized spacial score (nSPS) is 11.2. The van der Waals surface area contributed by atoms with Gasteiger partial charge < -0.3 is 24.3 Å². The van der Waals surface area contributed by atoms with Crippen molar-refractivity contribution in [2.24, 2.45) is 0 Å². The van der Waals surface area contributed by atoms with Crippen LogP contribution >= 0.6 is 11.6 Å².